The average molecular weight is 212 g/mol. The third-order valence-corrected chi connectivity index (χ3v) is 3.46. The monoisotopic (exact) mass is 212 g/mol. The Hall–Kier alpha value is -0.450. The maximum Gasteiger partial charge on any atom is 0.109 e. The number of aromatic nitrogens is 1. The minimum atomic E-state index is 0.346. The highest BCUT2D eigenvalue weighted by Gasteiger charge is 2.16. The summed E-state index contributed by atoms with van der Waals surface area (Å²) in [6.45, 7) is 4.02. The van der Waals surface area contributed by atoms with Crippen LogP contribution in [0, 0.1) is 0 Å². The molecular formula is C10H16N2OS. The topological polar surface area (TPSA) is 34.1 Å². The van der Waals surface area contributed by atoms with E-state index in [9.17, 15) is 0 Å². The lowest BCUT2D eigenvalue weighted by Gasteiger charge is -2.14. The van der Waals surface area contributed by atoms with Gasteiger partial charge in [0.05, 0.1) is 12.1 Å². The van der Waals surface area contributed by atoms with Crippen LogP contribution in [0.25, 0.3) is 0 Å². The first-order valence-corrected chi connectivity index (χ1v) is 5.98. The van der Waals surface area contributed by atoms with Crippen LogP contribution in [0.15, 0.2) is 11.6 Å². The summed E-state index contributed by atoms with van der Waals surface area (Å²) in [6.07, 6.45) is 4.66. The molecule has 0 radical (unpaired) electrons. The van der Waals surface area contributed by atoms with Crippen LogP contribution in [-0.4, -0.2) is 24.2 Å². The van der Waals surface area contributed by atoms with Gasteiger partial charge in [0.15, 0.2) is 0 Å². The Balaban J connectivity index is 1.74. The van der Waals surface area contributed by atoms with Crippen LogP contribution in [0.2, 0.25) is 0 Å². The maximum absolute atomic E-state index is 5.54. The molecule has 78 valence electrons. The predicted octanol–water partition coefficient (Wildman–Crippen LogP) is 1.97. The zero-order valence-corrected chi connectivity index (χ0v) is 9.22. The van der Waals surface area contributed by atoms with Crippen LogP contribution in [-0.2, 0) is 4.74 Å². The lowest BCUT2D eigenvalue weighted by atomic mass is 10.2. The third-order valence-electron chi connectivity index (χ3n) is 2.50. The molecule has 14 heavy (non-hydrogen) atoms. The number of nitrogens with one attached hydrogen (secondary N) is 1. The highest BCUT2D eigenvalue weighted by Crippen LogP contribution is 2.16. The van der Waals surface area contributed by atoms with Crippen LogP contribution in [0.1, 0.15) is 30.8 Å². The summed E-state index contributed by atoms with van der Waals surface area (Å²) in [7, 11) is 0. The minimum absolute atomic E-state index is 0.346. The van der Waals surface area contributed by atoms with Crippen molar-refractivity contribution in [2.45, 2.75) is 31.9 Å². The third kappa shape index (κ3) is 2.53. The van der Waals surface area contributed by atoms with Crippen molar-refractivity contribution in [2.75, 3.05) is 13.2 Å². The molecule has 1 saturated heterocycles. The second-order valence-electron chi connectivity index (χ2n) is 3.64. The molecule has 1 fully saturated rings. The van der Waals surface area contributed by atoms with Gasteiger partial charge in [-0.15, -0.1) is 11.3 Å². The molecule has 1 aromatic rings. The first-order chi connectivity index (χ1) is 6.86. The standard InChI is InChI=1S/C10H16N2OS/c1-8(10-11-4-6-14-10)12-7-9-3-2-5-13-9/h4,6,8-9,12H,2-3,5,7H2,1H3/t8-,9+/m1/s1. The lowest BCUT2D eigenvalue weighted by molar-refractivity contribution is 0.108. The second-order valence-corrected chi connectivity index (χ2v) is 4.56. The molecule has 3 nitrogen and oxygen atoms in total. The van der Waals surface area contributed by atoms with E-state index in [2.05, 4.69) is 17.2 Å². The number of hydrogen-bond acceptors (Lipinski definition) is 4. The SMILES string of the molecule is C[C@@H](NC[C@@H]1CCCO1)c1nccs1. The molecular weight excluding hydrogens is 196 g/mol. The molecule has 0 bridgehead atoms. The number of nitrogens with zero attached hydrogens (tertiary/aromatic N) is 1. The van der Waals surface area contributed by atoms with Crippen molar-refractivity contribution in [1.82, 2.24) is 10.3 Å². The van der Waals surface area contributed by atoms with E-state index in [1.165, 1.54) is 12.8 Å². The van der Waals surface area contributed by atoms with Gasteiger partial charge in [0.1, 0.15) is 5.01 Å². The van der Waals surface area contributed by atoms with E-state index in [1.807, 2.05) is 11.6 Å². The molecule has 1 N–H and O–H groups in total. The maximum atomic E-state index is 5.54. The Kier molecular flexibility index (Phi) is 3.50. The largest absolute Gasteiger partial charge is 0.377 e. The van der Waals surface area contributed by atoms with Crippen molar-refractivity contribution in [3.8, 4) is 0 Å². The summed E-state index contributed by atoms with van der Waals surface area (Å²) in [5.74, 6) is 0. The molecule has 1 aliphatic rings. The van der Waals surface area contributed by atoms with E-state index >= 15 is 0 Å². The van der Waals surface area contributed by atoms with Crippen molar-refractivity contribution in [3.05, 3.63) is 16.6 Å². The van der Waals surface area contributed by atoms with Gasteiger partial charge in [0.2, 0.25) is 0 Å². The zero-order chi connectivity index (χ0) is 9.80. The van der Waals surface area contributed by atoms with Gasteiger partial charge in [-0.1, -0.05) is 0 Å². The van der Waals surface area contributed by atoms with E-state index in [0.717, 1.165) is 18.2 Å². The number of hydrogen-bond donors (Lipinski definition) is 1. The van der Waals surface area contributed by atoms with Gasteiger partial charge in [-0.05, 0) is 19.8 Å². The number of rotatable bonds is 4. The Labute approximate surface area is 88.5 Å². The fraction of sp³-hybridized carbons (Fsp3) is 0.700. The fourth-order valence-corrected chi connectivity index (χ4v) is 2.32. The molecule has 0 aromatic carbocycles. The molecule has 0 amide bonds. The van der Waals surface area contributed by atoms with Gasteiger partial charge in [-0.2, -0.15) is 0 Å². The summed E-state index contributed by atoms with van der Waals surface area (Å²) in [5, 5.41) is 6.62. The lowest BCUT2D eigenvalue weighted by Crippen LogP contribution is -2.28. The smallest absolute Gasteiger partial charge is 0.109 e. The van der Waals surface area contributed by atoms with E-state index in [1.54, 1.807) is 11.3 Å². The van der Waals surface area contributed by atoms with Crippen molar-refractivity contribution >= 4 is 11.3 Å². The van der Waals surface area contributed by atoms with Crippen LogP contribution in [0.3, 0.4) is 0 Å². The molecule has 4 heteroatoms. The minimum Gasteiger partial charge on any atom is -0.377 e. The normalized spacial score (nSPS) is 23.9. The predicted molar refractivity (Wildman–Crippen MR) is 57.5 cm³/mol. The molecule has 0 saturated carbocycles. The van der Waals surface area contributed by atoms with E-state index in [0.29, 0.717) is 12.1 Å². The zero-order valence-electron chi connectivity index (χ0n) is 8.40. The van der Waals surface area contributed by atoms with Crippen LogP contribution in [0.4, 0.5) is 0 Å². The van der Waals surface area contributed by atoms with Crippen LogP contribution < -0.4 is 5.32 Å². The van der Waals surface area contributed by atoms with Crippen molar-refractivity contribution in [1.29, 1.82) is 0 Å². The highest BCUT2D eigenvalue weighted by atomic mass is 32.1. The second kappa shape index (κ2) is 4.87. The van der Waals surface area contributed by atoms with E-state index < -0.39 is 0 Å². The van der Waals surface area contributed by atoms with Crippen LogP contribution in [0.5, 0.6) is 0 Å². The Morgan fingerprint density at radius 1 is 1.79 bits per heavy atom. The van der Waals surface area contributed by atoms with Crippen molar-refractivity contribution in [3.63, 3.8) is 0 Å². The summed E-state index contributed by atoms with van der Waals surface area (Å²) < 4.78 is 5.54. The quantitative estimate of drug-likeness (QED) is 0.828. The van der Waals surface area contributed by atoms with Gasteiger partial charge in [-0.25, -0.2) is 4.98 Å². The fourth-order valence-electron chi connectivity index (χ4n) is 1.65. The van der Waals surface area contributed by atoms with E-state index in [-0.39, 0.29) is 0 Å². The summed E-state index contributed by atoms with van der Waals surface area (Å²) in [6, 6.07) is 0.346. The first kappa shape index (κ1) is 10.1. The number of ether oxygens (including phenoxy) is 1. The first-order valence-electron chi connectivity index (χ1n) is 5.10. The van der Waals surface area contributed by atoms with Crippen LogP contribution >= 0.6 is 11.3 Å². The summed E-state index contributed by atoms with van der Waals surface area (Å²) in [4.78, 5) is 4.28. The Morgan fingerprint density at radius 3 is 3.36 bits per heavy atom. The molecule has 1 aliphatic heterocycles. The molecule has 2 rings (SSSR count). The van der Waals surface area contributed by atoms with Gasteiger partial charge in [0.25, 0.3) is 0 Å². The average Bonchev–Trinajstić information content (AvgIpc) is 2.87. The molecule has 0 spiro atoms. The molecule has 1 aromatic heterocycles. The van der Waals surface area contributed by atoms with Gasteiger partial charge in [-0.3, -0.25) is 0 Å². The molecule has 2 atom stereocenters. The van der Waals surface area contributed by atoms with Gasteiger partial charge in [0, 0.05) is 24.7 Å². The van der Waals surface area contributed by atoms with Crippen molar-refractivity contribution in [2.24, 2.45) is 0 Å². The Bertz CT molecular complexity index is 257. The van der Waals surface area contributed by atoms with Crippen molar-refractivity contribution < 1.29 is 4.74 Å². The number of thiazole rings is 1. The van der Waals surface area contributed by atoms with Gasteiger partial charge < -0.3 is 10.1 Å². The van der Waals surface area contributed by atoms with Gasteiger partial charge >= 0.3 is 0 Å². The summed E-state index contributed by atoms with van der Waals surface area (Å²) >= 11 is 1.70. The highest BCUT2D eigenvalue weighted by molar-refractivity contribution is 7.09. The molecule has 0 aliphatic carbocycles. The summed E-state index contributed by atoms with van der Waals surface area (Å²) in [5.41, 5.74) is 0. The van der Waals surface area contributed by atoms with E-state index in [4.69, 9.17) is 4.74 Å². The molecule has 0 unspecified atom stereocenters. The Morgan fingerprint density at radius 2 is 2.71 bits per heavy atom. The molecule has 2 heterocycles.